The number of pyridine rings is 1. The van der Waals surface area contributed by atoms with Gasteiger partial charge in [0.15, 0.2) is 0 Å². The molecule has 17 heavy (non-hydrogen) atoms. The zero-order valence-electron chi connectivity index (χ0n) is 9.50. The first-order chi connectivity index (χ1) is 8.16. The summed E-state index contributed by atoms with van der Waals surface area (Å²) < 4.78 is 1.98. The maximum atomic E-state index is 9.71. The number of aliphatic hydroxyl groups is 1. The lowest BCUT2D eigenvalue weighted by atomic mass is 10.1. The molecule has 2 unspecified atom stereocenters. The molecule has 5 heteroatoms. The van der Waals surface area contributed by atoms with E-state index in [4.69, 9.17) is 0 Å². The lowest BCUT2D eigenvalue weighted by Gasteiger charge is -2.15. The van der Waals surface area contributed by atoms with Crippen LogP contribution in [0.2, 0.25) is 0 Å². The molecule has 0 bridgehead atoms. The lowest BCUT2D eigenvalue weighted by molar-refractivity contribution is 0.131. The maximum Gasteiger partial charge on any atom is 0.0684 e. The number of hydrogen-bond acceptors (Lipinski definition) is 3. The van der Waals surface area contributed by atoms with Crippen LogP contribution < -0.4 is 5.32 Å². The summed E-state index contributed by atoms with van der Waals surface area (Å²) in [5.74, 6) is 0.407. The Hall–Kier alpha value is 0.0300. The minimum atomic E-state index is -0.121. The van der Waals surface area contributed by atoms with Gasteiger partial charge in [0.2, 0.25) is 0 Å². The fourth-order valence-electron chi connectivity index (χ4n) is 2.20. The van der Waals surface area contributed by atoms with Gasteiger partial charge in [0.1, 0.15) is 0 Å². The van der Waals surface area contributed by atoms with Gasteiger partial charge in [-0.05, 0) is 56.7 Å². The number of nitrogens with one attached hydrogen (secondary N) is 1. The second-order valence-electron chi connectivity index (χ2n) is 4.47. The molecule has 0 amide bonds. The quantitative estimate of drug-likeness (QED) is 0.864. The normalized spacial score (nSPS) is 24.2. The van der Waals surface area contributed by atoms with Crippen LogP contribution in [0.3, 0.4) is 0 Å². The number of halogens is 2. The molecule has 0 radical (unpaired) electrons. The molecule has 0 aromatic carbocycles. The monoisotopic (exact) mass is 362 g/mol. The van der Waals surface area contributed by atoms with Crippen LogP contribution in [-0.2, 0) is 6.54 Å². The van der Waals surface area contributed by atoms with E-state index in [2.05, 4.69) is 42.2 Å². The molecule has 3 nitrogen and oxygen atoms in total. The predicted molar refractivity (Wildman–Crippen MR) is 74.7 cm³/mol. The second-order valence-corrected chi connectivity index (χ2v) is 6.24. The fraction of sp³-hybridized carbons (Fsp3) is 0.583. The van der Waals surface area contributed by atoms with Crippen molar-refractivity contribution in [2.75, 3.05) is 6.54 Å². The van der Waals surface area contributed by atoms with Crippen molar-refractivity contribution in [2.24, 2.45) is 5.92 Å². The molecule has 94 valence electrons. The zero-order chi connectivity index (χ0) is 12.3. The Morgan fingerprint density at radius 3 is 2.88 bits per heavy atom. The average Bonchev–Trinajstić information content (AvgIpc) is 2.68. The summed E-state index contributed by atoms with van der Waals surface area (Å²) in [5.41, 5.74) is 1.00. The van der Waals surface area contributed by atoms with Crippen LogP contribution in [0.5, 0.6) is 0 Å². The molecule has 1 aromatic heterocycles. The molecular formula is C12H16Br2N2O. The van der Waals surface area contributed by atoms with Crippen LogP contribution in [0.25, 0.3) is 0 Å². The van der Waals surface area contributed by atoms with Crippen LogP contribution >= 0.6 is 31.9 Å². The van der Waals surface area contributed by atoms with Gasteiger partial charge in [-0.25, -0.2) is 0 Å². The van der Waals surface area contributed by atoms with Gasteiger partial charge in [-0.1, -0.05) is 6.42 Å². The van der Waals surface area contributed by atoms with E-state index in [9.17, 15) is 5.11 Å². The summed E-state index contributed by atoms with van der Waals surface area (Å²) in [6.45, 7) is 1.60. The molecule has 1 fully saturated rings. The Morgan fingerprint density at radius 2 is 2.24 bits per heavy atom. The van der Waals surface area contributed by atoms with Crippen LogP contribution in [0, 0.1) is 5.92 Å². The summed E-state index contributed by atoms with van der Waals surface area (Å²) in [7, 11) is 0. The van der Waals surface area contributed by atoms with E-state index < -0.39 is 0 Å². The Labute approximate surface area is 118 Å². The third-order valence-electron chi connectivity index (χ3n) is 3.20. The van der Waals surface area contributed by atoms with Crippen molar-refractivity contribution in [3.8, 4) is 0 Å². The summed E-state index contributed by atoms with van der Waals surface area (Å²) in [5, 5.41) is 13.1. The maximum absolute atomic E-state index is 9.71. The molecular weight excluding hydrogens is 348 g/mol. The van der Waals surface area contributed by atoms with Crippen molar-refractivity contribution >= 4 is 31.9 Å². The number of nitrogens with zero attached hydrogens (tertiary/aromatic N) is 1. The third kappa shape index (κ3) is 3.74. The van der Waals surface area contributed by atoms with Crippen LogP contribution in [0.15, 0.2) is 21.2 Å². The number of rotatable bonds is 4. The summed E-state index contributed by atoms with van der Waals surface area (Å²) in [4.78, 5) is 4.34. The molecule has 1 aliphatic carbocycles. The van der Waals surface area contributed by atoms with E-state index in [0.717, 1.165) is 47.0 Å². The predicted octanol–water partition coefficient (Wildman–Crippen LogP) is 2.86. The van der Waals surface area contributed by atoms with Crippen LogP contribution in [0.4, 0.5) is 0 Å². The molecule has 0 spiro atoms. The zero-order valence-corrected chi connectivity index (χ0v) is 12.7. The van der Waals surface area contributed by atoms with Crippen molar-refractivity contribution in [3.63, 3.8) is 0 Å². The minimum absolute atomic E-state index is 0.121. The van der Waals surface area contributed by atoms with Gasteiger partial charge < -0.3 is 10.4 Å². The highest BCUT2D eigenvalue weighted by Gasteiger charge is 2.24. The topological polar surface area (TPSA) is 45.1 Å². The van der Waals surface area contributed by atoms with Crippen molar-refractivity contribution in [2.45, 2.75) is 31.9 Å². The van der Waals surface area contributed by atoms with E-state index >= 15 is 0 Å². The van der Waals surface area contributed by atoms with Gasteiger partial charge in [-0.2, -0.15) is 0 Å². The smallest absolute Gasteiger partial charge is 0.0684 e. The molecule has 0 aliphatic heterocycles. The Kier molecular flexibility index (Phi) is 4.97. The van der Waals surface area contributed by atoms with Gasteiger partial charge in [0.05, 0.1) is 11.8 Å². The minimum Gasteiger partial charge on any atom is -0.393 e. The Morgan fingerprint density at radius 1 is 1.41 bits per heavy atom. The standard InChI is InChI=1S/C12H16Br2N2O/c13-9-4-10(14)11(16-6-9)7-15-5-8-2-1-3-12(8)17/h4,6,8,12,15,17H,1-3,5,7H2. The second kappa shape index (κ2) is 6.27. The first-order valence-corrected chi connectivity index (χ1v) is 7.44. The fourth-order valence-corrected chi connectivity index (χ4v) is 3.33. The highest BCUT2D eigenvalue weighted by atomic mass is 79.9. The highest BCUT2D eigenvalue weighted by molar-refractivity contribution is 9.11. The van der Waals surface area contributed by atoms with E-state index in [1.165, 1.54) is 0 Å². The summed E-state index contributed by atoms with van der Waals surface area (Å²) in [6.07, 6.45) is 4.90. The van der Waals surface area contributed by atoms with Crippen LogP contribution in [-0.4, -0.2) is 22.7 Å². The Bertz CT molecular complexity index is 387. The SMILES string of the molecule is OC1CCCC1CNCc1ncc(Br)cc1Br. The van der Waals surface area contributed by atoms with Crippen molar-refractivity contribution in [1.82, 2.24) is 10.3 Å². The van der Waals surface area contributed by atoms with Gasteiger partial charge in [-0.15, -0.1) is 0 Å². The molecule has 0 saturated heterocycles. The first-order valence-electron chi connectivity index (χ1n) is 5.85. The number of aromatic nitrogens is 1. The molecule has 1 saturated carbocycles. The van der Waals surface area contributed by atoms with E-state index in [0.29, 0.717) is 5.92 Å². The molecule has 1 heterocycles. The van der Waals surface area contributed by atoms with Gasteiger partial charge in [-0.3, -0.25) is 4.98 Å². The average molecular weight is 364 g/mol. The molecule has 2 rings (SSSR count). The third-order valence-corrected chi connectivity index (χ3v) is 4.32. The molecule has 2 N–H and O–H groups in total. The van der Waals surface area contributed by atoms with Gasteiger partial charge >= 0.3 is 0 Å². The number of aliphatic hydroxyl groups excluding tert-OH is 1. The van der Waals surface area contributed by atoms with Crippen molar-refractivity contribution < 1.29 is 5.11 Å². The summed E-state index contributed by atoms with van der Waals surface area (Å²) in [6, 6.07) is 1.99. The first kappa shape index (κ1) is 13.5. The molecule has 1 aliphatic rings. The van der Waals surface area contributed by atoms with E-state index in [1.807, 2.05) is 6.07 Å². The van der Waals surface area contributed by atoms with Crippen molar-refractivity contribution in [1.29, 1.82) is 0 Å². The highest BCUT2D eigenvalue weighted by Crippen LogP contribution is 2.25. The van der Waals surface area contributed by atoms with E-state index in [1.54, 1.807) is 6.20 Å². The lowest BCUT2D eigenvalue weighted by Crippen LogP contribution is -2.27. The van der Waals surface area contributed by atoms with Crippen LogP contribution in [0.1, 0.15) is 25.0 Å². The number of hydrogen-bond donors (Lipinski definition) is 2. The Balaban J connectivity index is 1.81. The molecule has 1 aromatic rings. The van der Waals surface area contributed by atoms with Gasteiger partial charge in [0.25, 0.3) is 0 Å². The largest absolute Gasteiger partial charge is 0.393 e. The van der Waals surface area contributed by atoms with E-state index in [-0.39, 0.29) is 6.10 Å². The molecule has 2 atom stereocenters. The van der Waals surface area contributed by atoms with Crippen molar-refractivity contribution in [3.05, 3.63) is 26.9 Å². The summed E-state index contributed by atoms with van der Waals surface area (Å²) >= 11 is 6.87. The van der Waals surface area contributed by atoms with Gasteiger partial charge in [0, 0.05) is 28.2 Å².